The Morgan fingerprint density at radius 1 is 0.946 bits per heavy atom. The molecular formula is C29H26BrN3O4. The van der Waals surface area contributed by atoms with Crippen molar-refractivity contribution < 1.29 is 19.4 Å². The molecule has 0 aliphatic heterocycles. The number of amides is 2. The molecule has 0 aromatic heterocycles. The number of anilines is 3. The number of ether oxygens (including phenoxy) is 1. The molecule has 0 saturated heterocycles. The normalized spacial score (nSPS) is 12.7. The molecule has 0 bridgehead atoms. The molecular weight excluding hydrogens is 534 g/mol. The number of hydrogen-bond acceptors (Lipinski definition) is 5. The molecule has 5 N–H and O–H groups in total. The third-order valence-electron chi connectivity index (χ3n) is 5.80. The number of para-hydroxylation sites is 2. The molecule has 0 unspecified atom stereocenters. The van der Waals surface area contributed by atoms with Crippen LogP contribution < -0.4 is 16.4 Å². The Bertz CT molecular complexity index is 1470. The Balaban J connectivity index is 1.55. The van der Waals surface area contributed by atoms with E-state index in [4.69, 9.17) is 10.5 Å². The van der Waals surface area contributed by atoms with Gasteiger partial charge in [0, 0.05) is 21.3 Å². The van der Waals surface area contributed by atoms with Crippen molar-refractivity contribution in [2.24, 2.45) is 5.92 Å². The van der Waals surface area contributed by atoms with Gasteiger partial charge < -0.3 is 20.9 Å². The van der Waals surface area contributed by atoms with Gasteiger partial charge in [-0.15, -0.1) is 0 Å². The van der Waals surface area contributed by atoms with Crippen molar-refractivity contribution in [2.75, 3.05) is 16.4 Å². The average Bonchev–Trinajstić information content (AvgIpc) is 2.89. The minimum absolute atomic E-state index is 0.0343. The van der Waals surface area contributed by atoms with Crippen LogP contribution in [0.2, 0.25) is 0 Å². The minimum Gasteiger partial charge on any atom is -0.508 e. The van der Waals surface area contributed by atoms with Crippen molar-refractivity contribution in [1.82, 2.24) is 0 Å². The van der Waals surface area contributed by atoms with Crippen LogP contribution in [-0.2, 0) is 9.53 Å². The van der Waals surface area contributed by atoms with E-state index in [0.29, 0.717) is 27.1 Å². The smallest absolute Gasteiger partial charge is 0.412 e. The van der Waals surface area contributed by atoms with E-state index in [0.717, 1.165) is 10.8 Å². The number of halogens is 1. The second-order valence-electron chi connectivity index (χ2n) is 8.48. The van der Waals surface area contributed by atoms with Gasteiger partial charge in [0.2, 0.25) is 5.91 Å². The molecule has 2 atom stereocenters. The van der Waals surface area contributed by atoms with Crippen molar-refractivity contribution in [2.45, 2.75) is 13.0 Å². The number of nitrogen functional groups attached to an aromatic ring is 1. The van der Waals surface area contributed by atoms with Gasteiger partial charge in [0.15, 0.2) is 0 Å². The molecule has 0 fully saturated rings. The van der Waals surface area contributed by atoms with Gasteiger partial charge in [0.05, 0.1) is 17.1 Å². The molecule has 4 aromatic carbocycles. The van der Waals surface area contributed by atoms with E-state index in [-0.39, 0.29) is 11.7 Å². The van der Waals surface area contributed by atoms with E-state index in [1.54, 1.807) is 55.5 Å². The number of nitrogens with two attached hydrogens (primary N) is 1. The van der Waals surface area contributed by atoms with Crippen LogP contribution in [0.3, 0.4) is 0 Å². The summed E-state index contributed by atoms with van der Waals surface area (Å²) in [5.74, 6) is -0.896. The molecule has 7 nitrogen and oxygen atoms in total. The van der Waals surface area contributed by atoms with E-state index >= 15 is 0 Å². The lowest BCUT2D eigenvalue weighted by atomic mass is 9.96. The molecule has 0 heterocycles. The van der Waals surface area contributed by atoms with Gasteiger partial charge in [0.25, 0.3) is 0 Å². The molecule has 188 valence electrons. The molecule has 8 heteroatoms. The number of fused-ring (bicyclic) bond motifs is 1. The van der Waals surface area contributed by atoms with Crippen LogP contribution in [-0.4, -0.2) is 17.1 Å². The van der Waals surface area contributed by atoms with E-state index in [1.165, 1.54) is 12.1 Å². The van der Waals surface area contributed by atoms with Crippen LogP contribution in [0.15, 0.2) is 102 Å². The van der Waals surface area contributed by atoms with Crippen molar-refractivity contribution in [3.05, 3.63) is 107 Å². The number of aromatic hydroxyl groups is 1. The lowest BCUT2D eigenvalue weighted by Gasteiger charge is -2.24. The van der Waals surface area contributed by atoms with Gasteiger partial charge in [-0.1, -0.05) is 77.5 Å². The molecule has 2 amide bonds. The second-order valence-corrected chi connectivity index (χ2v) is 9.39. The number of nitrogens with one attached hydrogen (secondary N) is 2. The minimum atomic E-state index is -0.890. The number of carbonyl (C=O) groups excluding carboxylic acids is 2. The summed E-state index contributed by atoms with van der Waals surface area (Å²) >= 11 is 3.41. The maximum absolute atomic E-state index is 13.0. The van der Waals surface area contributed by atoms with Gasteiger partial charge >= 0.3 is 6.09 Å². The highest BCUT2D eigenvalue weighted by Crippen LogP contribution is 2.36. The number of carbonyl (C=O) groups is 2. The summed E-state index contributed by atoms with van der Waals surface area (Å²) in [5.41, 5.74) is 7.84. The summed E-state index contributed by atoms with van der Waals surface area (Å²) in [5, 5.41) is 17.9. The summed E-state index contributed by atoms with van der Waals surface area (Å²) in [6.45, 7) is 1.79. The van der Waals surface area contributed by atoms with Crippen LogP contribution in [0.1, 0.15) is 18.6 Å². The zero-order valence-electron chi connectivity index (χ0n) is 20.0. The van der Waals surface area contributed by atoms with Crippen LogP contribution in [0.25, 0.3) is 10.8 Å². The fourth-order valence-electron chi connectivity index (χ4n) is 3.92. The fraction of sp³-hybridized carbons (Fsp3) is 0.103. The third-order valence-corrected chi connectivity index (χ3v) is 6.30. The van der Waals surface area contributed by atoms with Crippen LogP contribution in [0.5, 0.6) is 5.75 Å². The number of phenols is 1. The van der Waals surface area contributed by atoms with Gasteiger partial charge in [0.1, 0.15) is 11.9 Å². The topological polar surface area (TPSA) is 114 Å². The lowest BCUT2D eigenvalue weighted by molar-refractivity contribution is -0.111. The van der Waals surface area contributed by atoms with Crippen molar-refractivity contribution in [3.8, 4) is 5.75 Å². The van der Waals surface area contributed by atoms with E-state index < -0.39 is 18.1 Å². The maximum atomic E-state index is 13.0. The molecule has 0 spiro atoms. The number of benzene rings is 4. The summed E-state index contributed by atoms with van der Waals surface area (Å²) < 4.78 is 6.53. The van der Waals surface area contributed by atoms with E-state index in [2.05, 4.69) is 26.6 Å². The summed E-state index contributed by atoms with van der Waals surface area (Å²) in [6, 6.07) is 25.1. The Morgan fingerprint density at radius 2 is 1.65 bits per heavy atom. The highest BCUT2D eigenvalue weighted by Gasteiger charge is 2.26. The Hall–Kier alpha value is -4.30. The second kappa shape index (κ2) is 11.6. The Kier molecular flexibility index (Phi) is 8.10. The number of rotatable bonds is 7. The number of hydrogen-bond donors (Lipinski definition) is 4. The van der Waals surface area contributed by atoms with Gasteiger partial charge in [-0.05, 0) is 47.9 Å². The molecule has 0 radical (unpaired) electrons. The van der Waals surface area contributed by atoms with E-state index in [9.17, 15) is 14.7 Å². The molecule has 0 aliphatic carbocycles. The predicted octanol–water partition coefficient (Wildman–Crippen LogP) is 7.01. The lowest BCUT2D eigenvalue weighted by Crippen LogP contribution is -2.22. The SMILES string of the molecule is C[C@@H](/C=C/C(=O)Nc1ccccc1N)[C@H](OC(=O)Nc1cccc2ccccc12)c1cc(Br)ccc1O. The van der Waals surface area contributed by atoms with Crippen molar-refractivity contribution in [3.63, 3.8) is 0 Å². The highest BCUT2D eigenvalue weighted by atomic mass is 79.9. The molecule has 0 aliphatic rings. The number of phenolic OH excluding ortho intramolecular Hbond substituents is 1. The van der Waals surface area contributed by atoms with Crippen molar-refractivity contribution >= 4 is 55.8 Å². The molecule has 37 heavy (non-hydrogen) atoms. The highest BCUT2D eigenvalue weighted by molar-refractivity contribution is 9.10. The fourth-order valence-corrected chi connectivity index (χ4v) is 4.30. The summed E-state index contributed by atoms with van der Waals surface area (Å²) in [6.07, 6.45) is 1.39. The first-order valence-corrected chi connectivity index (χ1v) is 12.4. The zero-order valence-corrected chi connectivity index (χ0v) is 21.6. The molecule has 0 saturated carbocycles. The Morgan fingerprint density at radius 3 is 2.46 bits per heavy atom. The monoisotopic (exact) mass is 559 g/mol. The van der Waals surface area contributed by atoms with Crippen LogP contribution >= 0.6 is 15.9 Å². The largest absolute Gasteiger partial charge is 0.508 e. The van der Waals surface area contributed by atoms with Crippen LogP contribution in [0, 0.1) is 5.92 Å². The molecule has 4 rings (SSSR count). The predicted molar refractivity (Wildman–Crippen MR) is 150 cm³/mol. The summed E-state index contributed by atoms with van der Waals surface area (Å²) in [4.78, 5) is 25.5. The van der Waals surface area contributed by atoms with Crippen molar-refractivity contribution in [1.29, 1.82) is 0 Å². The standard InChI is InChI=1S/C29H26BrN3O4/c1-18(13-16-27(35)32-25-11-5-4-10-23(25)31)28(22-17-20(30)14-15-26(22)34)37-29(36)33-24-12-6-8-19-7-2-3-9-21(19)24/h2-18,28,34H,31H2,1H3,(H,32,35)(H,33,36)/b16-13+/t18-,28-/m0/s1. The zero-order chi connectivity index (χ0) is 26.4. The first-order valence-electron chi connectivity index (χ1n) is 11.6. The first kappa shape index (κ1) is 25.8. The molecule has 4 aromatic rings. The third kappa shape index (κ3) is 6.48. The van der Waals surface area contributed by atoms with Gasteiger partial charge in [-0.2, -0.15) is 0 Å². The van der Waals surface area contributed by atoms with Crippen LogP contribution in [0.4, 0.5) is 21.9 Å². The van der Waals surface area contributed by atoms with Gasteiger partial charge in [-0.25, -0.2) is 4.79 Å². The maximum Gasteiger partial charge on any atom is 0.412 e. The summed E-state index contributed by atoms with van der Waals surface area (Å²) in [7, 11) is 0. The Labute approximate surface area is 223 Å². The van der Waals surface area contributed by atoms with E-state index in [1.807, 2.05) is 36.4 Å². The average molecular weight is 560 g/mol. The quantitative estimate of drug-likeness (QED) is 0.143. The van der Waals surface area contributed by atoms with Gasteiger partial charge in [-0.3, -0.25) is 10.1 Å². The first-order chi connectivity index (χ1) is 17.8.